The van der Waals surface area contributed by atoms with Gasteiger partial charge in [-0.2, -0.15) is 0 Å². The number of hydrogen-bond donors (Lipinski definition) is 2. The maximum atomic E-state index is 9.22. The Morgan fingerprint density at radius 1 is 1.44 bits per heavy atom. The molecule has 2 N–H and O–H groups in total. The summed E-state index contributed by atoms with van der Waals surface area (Å²) in [6.07, 6.45) is 0.875. The quantitative estimate of drug-likeness (QED) is 0.774. The lowest BCUT2D eigenvalue weighted by Crippen LogP contribution is -2.36. The highest BCUT2D eigenvalue weighted by molar-refractivity contribution is 5.21. The molecule has 1 aromatic heterocycles. The molecule has 0 aliphatic carbocycles. The zero-order chi connectivity index (χ0) is 12.1. The highest BCUT2D eigenvalue weighted by Gasteiger charge is 2.15. The van der Waals surface area contributed by atoms with Gasteiger partial charge in [-0.1, -0.05) is 25.9 Å². The van der Waals surface area contributed by atoms with E-state index in [-0.39, 0.29) is 12.6 Å². The SMILES string of the molecule is CCc1noc(C)c1CN[C@H](CO)C(C)C. The van der Waals surface area contributed by atoms with Crippen molar-refractivity contribution in [3.63, 3.8) is 0 Å². The molecule has 0 amide bonds. The number of nitrogens with one attached hydrogen (secondary N) is 1. The molecule has 0 bridgehead atoms. The molecule has 92 valence electrons. The molecule has 4 heteroatoms. The summed E-state index contributed by atoms with van der Waals surface area (Å²) in [5.41, 5.74) is 2.13. The van der Waals surface area contributed by atoms with Crippen molar-refractivity contribution in [1.82, 2.24) is 10.5 Å². The summed E-state index contributed by atoms with van der Waals surface area (Å²) in [6, 6.07) is 0.124. The molecule has 0 fully saturated rings. The Morgan fingerprint density at radius 3 is 2.62 bits per heavy atom. The van der Waals surface area contributed by atoms with E-state index in [4.69, 9.17) is 4.52 Å². The van der Waals surface area contributed by atoms with E-state index in [2.05, 4.69) is 31.2 Å². The van der Waals surface area contributed by atoms with Gasteiger partial charge in [0.15, 0.2) is 0 Å². The van der Waals surface area contributed by atoms with Gasteiger partial charge in [-0.25, -0.2) is 0 Å². The number of aliphatic hydroxyl groups is 1. The van der Waals surface area contributed by atoms with Crippen LogP contribution in [-0.2, 0) is 13.0 Å². The normalized spacial score (nSPS) is 13.4. The van der Waals surface area contributed by atoms with E-state index >= 15 is 0 Å². The van der Waals surface area contributed by atoms with Gasteiger partial charge < -0.3 is 14.9 Å². The highest BCUT2D eigenvalue weighted by Crippen LogP contribution is 2.14. The van der Waals surface area contributed by atoms with Crippen LogP contribution >= 0.6 is 0 Å². The predicted octanol–water partition coefficient (Wildman–Crippen LogP) is 1.65. The van der Waals surface area contributed by atoms with Crippen molar-refractivity contribution in [2.75, 3.05) is 6.61 Å². The lowest BCUT2D eigenvalue weighted by atomic mass is 10.0. The second-order valence-corrected chi connectivity index (χ2v) is 4.43. The van der Waals surface area contributed by atoms with Crippen molar-refractivity contribution in [2.45, 2.75) is 46.7 Å². The average molecular weight is 226 g/mol. The van der Waals surface area contributed by atoms with Crippen LogP contribution in [0.25, 0.3) is 0 Å². The zero-order valence-electron chi connectivity index (χ0n) is 10.6. The number of aliphatic hydroxyl groups excluding tert-OH is 1. The van der Waals surface area contributed by atoms with Crippen molar-refractivity contribution in [3.05, 3.63) is 17.0 Å². The fraction of sp³-hybridized carbons (Fsp3) is 0.750. The third-order valence-electron chi connectivity index (χ3n) is 2.94. The molecule has 0 aliphatic heterocycles. The lowest BCUT2D eigenvalue weighted by Gasteiger charge is -2.19. The first kappa shape index (κ1) is 13.2. The topological polar surface area (TPSA) is 58.3 Å². The molecule has 1 atom stereocenters. The van der Waals surface area contributed by atoms with Gasteiger partial charge in [0.1, 0.15) is 5.76 Å². The smallest absolute Gasteiger partial charge is 0.138 e. The first-order valence-corrected chi connectivity index (χ1v) is 5.88. The third-order valence-corrected chi connectivity index (χ3v) is 2.94. The van der Waals surface area contributed by atoms with E-state index in [1.54, 1.807) is 0 Å². The van der Waals surface area contributed by atoms with Crippen molar-refractivity contribution in [2.24, 2.45) is 5.92 Å². The summed E-state index contributed by atoms with van der Waals surface area (Å²) < 4.78 is 5.16. The summed E-state index contributed by atoms with van der Waals surface area (Å²) >= 11 is 0. The van der Waals surface area contributed by atoms with E-state index in [1.807, 2.05) is 6.92 Å². The minimum absolute atomic E-state index is 0.124. The van der Waals surface area contributed by atoms with Gasteiger partial charge in [0.05, 0.1) is 12.3 Å². The Morgan fingerprint density at radius 2 is 2.12 bits per heavy atom. The molecule has 0 unspecified atom stereocenters. The van der Waals surface area contributed by atoms with Crippen molar-refractivity contribution in [3.8, 4) is 0 Å². The van der Waals surface area contributed by atoms with Gasteiger partial charge in [0.2, 0.25) is 0 Å². The number of aryl methyl sites for hydroxylation is 2. The van der Waals surface area contributed by atoms with Crippen LogP contribution in [0.2, 0.25) is 0 Å². The summed E-state index contributed by atoms with van der Waals surface area (Å²) in [6.45, 7) is 9.04. The molecule has 0 radical (unpaired) electrons. The Bertz CT molecular complexity index is 321. The molecule has 0 saturated heterocycles. The fourth-order valence-corrected chi connectivity index (χ4v) is 1.69. The highest BCUT2D eigenvalue weighted by atomic mass is 16.5. The number of nitrogens with zero attached hydrogens (tertiary/aromatic N) is 1. The van der Waals surface area contributed by atoms with Crippen LogP contribution in [0.15, 0.2) is 4.52 Å². The van der Waals surface area contributed by atoms with Crippen LogP contribution in [0, 0.1) is 12.8 Å². The maximum absolute atomic E-state index is 9.22. The minimum Gasteiger partial charge on any atom is -0.395 e. The van der Waals surface area contributed by atoms with E-state index in [0.717, 1.165) is 23.4 Å². The summed E-state index contributed by atoms with van der Waals surface area (Å²) in [5, 5.41) is 16.6. The van der Waals surface area contributed by atoms with Gasteiger partial charge >= 0.3 is 0 Å². The lowest BCUT2D eigenvalue weighted by molar-refractivity contribution is 0.210. The van der Waals surface area contributed by atoms with E-state index in [0.29, 0.717) is 12.5 Å². The third kappa shape index (κ3) is 3.06. The second kappa shape index (κ2) is 6.01. The summed E-state index contributed by atoms with van der Waals surface area (Å²) in [5.74, 6) is 1.28. The molecule has 1 rings (SSSR count). The van der Waals surface area contributed by atoms with Crippen LogP contribution in [-0.4, -0.2) is 22.9 Å². The van der Waals surface area contributed by atoms with Gasteiger partial charge in [0.25, 0.3) is 0 Å². The van der Waals surface area contributed by atoms with Gasteiger partial charge in [-0.3, -0.25) is 0 Å². The monoisotopic (exact) mass is 226 g/mol. The maximum Gasteiger partial charge on any atom is 0.138 e. The Kier molecular flexibility index (Phi) is 4.96. The Labute approximate surface area is 97.0 Å². The first-order valence-electron chi connectivity index (χ1n) is 5.88. The fourth-order valence-electron chi connectivity index (χ4n) is 1.69. The largest absolute Gasteiger partial charge is 0.395 e. The van der Waals surface area contributed by atoms with E-state index in [1.165, 1.54) is 0 Å². The molecule has 0 saturated carbocycles. The molecule has 16 heavy (non-hydrogen) atoms. The van der Waals surface area contributed by atoms with Crippen LogP contribution in [0.4, 0.5) is 0 Å². The first-order chi connectivity index (χ1) is 7.60. The average Bonchev–Trinajstić information content (AvgIpc) is 2.60. The molecule has 1 aromatic rings. The minimum atomic E-state index is 0.124. The predicted molar refractivity (Wildman–Crippen MR) is 63.2 cm³/mol. The number of hydrogen-bond acceptors (Lipinski definition) is 4. The van der Waals surface area contributed by atoms with Crippen molar-refractivity contribution < 1.29 is 9.63 Å². The molecular formula is C12H22N2O2. The molecule has 0 aromatic carbocycles. The summed E-state index contributed by atoms with van der Waals surface area (Å²) in [4.78, 5) is 0. The molecule has 4 nitrogen and oxygen atoms in total. The molecule has 0 spiro atoms. The van der Waals surface area contributed by atoms with Gasteiger partial charge in [-0.15, -0.1) is 0 Å². The zero-order valence-corrected chi connectivity index (χ0v) is 10.6. The second-order valence-electron chi connectivity index (χ2n) is 4.43. The van der Waals surface area contributed by atoms with Crippen LogP contribution in [0.1, 0.15) is 37.8 Å². The van der Waals surface area contributed by atoms with Crippen LogP contribution < -0.4 is 5.32 Å². The van der Waals surface area contributed by atoms with Crippen molar-refractivity contribution in [1.29, 1.82) is 0 Å². The van der Waals surface area contributed by atoms with Gasteiger partial charge in [0, 0.05) is 18.2 Å². The van der Waals surface area contributed by atoms with E-state index in [9.17, 15) is 5.11 Å². The Hall–Kier alpha value is -0.870. The molecular weight excluding hydrogens is 204 g/mol. The van der Waals surface area contributed by atoms with Gasteiger partial charge in [-0.05, 0) is 19.3 Å². The molecule has 1 heterocycles. The number of rotatable bonds is 6. The van der Waals surface area contributed by atoms with Crippen LogP contribution in [0.5, 0.6) is 0 Å². The van der Waals surface area contributed by atoms with Crippen LogP contribution in [0.3, 0.4) is 0 Å². The number of aromatic nitrogens is 1. The molecule has 0 aliphatic rings. The van der Waals surface area contributed by atoms with E-state index < -0.39 is 0 Å². The Balaban J connectivity index is 2.62. The van der Waals surface area contributed by atoms with Crippen molar-refractivity contribution >= 4 is 0 Å². The summed E-state index contributed by atoms with van der Waals surface area (Å²) in [7, 11) is 0. The standard InChI is InChI=1S/C12H22N2O2/c1-5-11-10(9(4)16-14-11)6-13-12(7-15)8(2)3/h8,12-13,15H,5-7H2,1-4H3/t12-/m1/s1.